The Morgan fingerprint density at radius 1 is 0.968 bits per heavy atom. The zero-order valence-corrected chi connectivity index (χ0v) is 17.4. The first kappa shape index (κ1) is 19.1. The summed E-state index contributed by atoms with van der Waals surface area (Å²) in [7, 11) is 0. The molecule has 1 heterocycles. The number of rotatable bonds is 6. The van der Waals surface area contributed by atoms with Gasteiger partial charge in [0, 0.05) is 35.9 Å². The first-order chi connectivity index (χ1) is 15.2. The molecule has 4 aromatic rings. The number of anilines is 1. The minimum atomic E-state index is -0.141. The Balaban J connectivity index is 1.58. The van der Waals surface area contributed by atoms with E-state index in [1.54, 1.807) is 18.5 Å². The van der Waals surface area contributed by atoms with Crippen molar-refractivity contribution in [2.75, 3.05) is 5.32 Å². The molecular weight excluding hydrogens is 380 g/mol. The molecule has 0 aliphatic heterocycles. The van der Waals surface area contributed by atoms with Crippen molar-refractivity contribution in [3.05, 3.63) is 114 Å². The van der Waals surface area contributed by atoms with Crippen molar-refractivity contribution in [3.63, 3.8) is 0 Å². The minimum absolute atomic E-state index is 0.141. The second kappa shape index (κ2) is 7.73. The van der Waals surface area contributed by atoms with E-state index in [0.717, 1.165) is 17.8 Å². The molecule has 0 saturated heterocycles. The number of aromatic nitrogens is 2. The van der Waals surface area contributed by atoms with Gasteiger partial charge in [0.05, 0.1) is 5.69 Å². The van der Waals surface area contributed by atoms with Crippen LogP contribution in [0.2, 0.25) is 0 Å². The Labute approximate surface area is 182 Å². The topological polar surface area (TPSA) is 53.7 Å². The second-order valence-electron chi connectivity index (χ2n) is 8.11. The van der Waals surface area contributed by atoms with Crippen molar-refractivity contribution in [1.82, 2.24) is 9.78 Å². The van der Waals surface area contributed by atoms with Crippen LogP contribution in [-0.4, -0.2) is 16.0 Å². The molecule has 152 valence electrons. The number of nitrogens with one attached hydrogen (secondary N) is 2. The fourth-order valence-electron chi connectivity index (χ4n) is 4.69. The summed E-state index contributed by atoms with van der Waals surface area (Å²) in [5.74, 6) is 0. The third-order valence-electron chi connectivity index (χ3n) is 6.11. The van der Waals surface area contributed by atoms with Gasteiger partial charge in [-0.1, -0.05) is 49.4 Å². The molecule has 2 N–H and O–H groups in total. The van der Waals surface area contributed by atoms with Gasteiger partial charge >= 0.3 is 0 Å². The second-order valence-corrected chi connectivity index (χ2v) is 8.11. The summed E-state index contributed by atoms with van der Waals surface area (Å²) in [6.45, 7) is 2.34. The zero-order chi connectivity index (χ0) is 21.3. The van der Waals surface area contributed by atoms with Gasteiger partial charge in [0.1, 0.15) is 0 Å². The fourth-order valence-corrected chi connectivity index (χ4v) is 4.69. The molecule has 3 aromatic carbocycles. The molecule has 1 aliphatic rings. The average Bonchev–Trinajstić information content (AvgIpc) is 3.41. The molecule has 31 heavy (non-hydrogen) atoms. The molecule has 0 spiro atoms. The lowest BCUT2D eigenvalue weighted by atomic mass is 9.75. The van der Waals surface area contributed by atoms with Gasteiger partial charge in [0.2, 0.25) is 0 Å². The highest BCUT2D eigenvalue weighted by Crippen LogP contribution is 2.51. The van der Waals surface area contributed by atoms with Crippen molar-refractivity contribution >= 4 is 11.9 Å². The predicted octanol–water partition coefficient (Wildman–Crippen LogP) is 5.98. The van der Waals surface area contributed by atoms with Gasteiger partial charge < -0.3 is 10.7 Å². The Kier molecular flexibility index (Phi) is 4.75. The van der Waals surface area contributed by atoms with Gasteiger partial charge in [0.15, 0.2) is 0 Å². The Bertz CT molecular complexity index is 1270. The summed E-state index contributed by atoms with van der Waals surface area (Å²) in [6.07, 6.45) is 9.42. The zero-order valence-electron chi connectivity index (χ0n) is 17.4. The largest absolute Gasteiger partial charge is 0.362 e. The Morgan fingerprint density at radius 3 is 2.68 bits per heavy atom. The molecule has 1 aliphatic carbocycles. The molecule has 4 nitrogen and oxygen atoms in total. The molecule has 0 saturated carbocycles. The summed E-state index contributed by atoms with van der Waals surface area (Å²) in [6, 6.07) is 25.9. The predicted molar refractivity (Wildman–Crippen MR) is 127 cm³/mol. The smallest absolute Gasteiger partial charge is 0.0648 e. The van der Waals surface area contributed by atoms with E-state index in [1.165, 1.54) is 34.0 Å². The van der Waals surface area contributed by atoms with E-state index in [9.17, 15) is 0 Å². The summed E-state index contributed by atoms with van der Waals surface area (Å²) >= 11 is 0. The maximum absolute atomic E-state index is 7.18. The first-order valence-electron chi connectivity index (χ1n) is 10.4. The summed E-state index contributed by atoms with van der Waals surface area (Å²) in [5, 5.41) is 14.8. The molecule has 4 heteroatoms. The molecule has 5 rings (SSSR count). The highest BCUT2D eigenvalue weighted by atomic mass is 15.3. The van der Waals surface area contributed by atoms with Gasteiger partial charge in [-0.15, -0.1) is 0 Å². The van der Waals surface area contributed by atoms with Crippen LogP contribution in [0, 0.1) is 5.41 Å². The molecule has 1 aromatic heterocycles. The molecule has 1 atom stereocenters. The molecule has 0 bridgehead atoms. The lowest BCUT2D eigenvalue weighted by Crippen LogP contribution is -2.24. The van der Waals surface area contributed by atoms with Gasteiger partial charge in [-0.2, -0.15) is 5.10 Å². The number of fused-ring (bicyclic) bond motifs is 3. The summed E-state index contributed by atoms with van der Waals surface area (Å²) in [4.78, 5) is 0. The molecule has 0 amide bonds. The Morgan fingerprint density at radius 2 is 1.84 bits per heavy atom. The van der Waals surface area contributed by atoms with Crippen LogP contribution in [0.5, 0.6) is 0 Å². The number of nitrogens with zero attached hydrogens (tertiary/aromatic N) is 2. The third kappa shape index (κ3) is 3.36. The molecule has 1 unspecified atom stereocenters. The SMILES string of the molecule is CC1(Cc2cccc(-n3cccn3)c2)c2ccccc2-c2ccc(N/C=C\C=N)cc21. The minimum Gasteiger partial charge on any atom is -0.362 e. The highest BCUT2D eigenvalue weighted by molar-refractivity contribution is 5.83. The van der Waals surface area contributed by atoms with Crippen LogP contribution >= 0.6 is 0 Å². The monoisotopic (exact) mass is 404 g/mol. The highest BCUT2D eigenvalue weighted by Gasteiger charge is 2.39. The Hall–Kier alpha value is -3.92. The van der Waals surface area contributed by atoms with Crippen molar-refractivity contribution in [2.24, 2.45) is 0 Å². The van der Waals surface area contributed by atoms with Gasteiger partial charge in [0.25, 0.3) is 0 Å². The quantitative estimate of drug-likeness (QED) is 0.389. The van der Waals surface area contributed by atoms with Gasteiger partial charge in [-0.25, -0.2) is 4.68 Å². The number of allylic oxidation sites excluding steroid dienone is 1. The number of hydrogen-bond acceptors (Lipinski definition) is 3. The van der Waals surface area contributed by atoms with E-state index in [0.29, 0.717) is 0 Å². The maximum atomic E-state index is 7.18. The summed E-state index contributed by atoms with van der Waals surface area (Å²) in [5.41, 5.74) is 8.53. The van der Waals surface area contributed by atoms with E-state index < -0.39 is 0 Å². The van der Waals surface area contributed by atoms with E-state index in [-0.39, 0.29) is 5.41 Å². The van der Waals surface area contributed by atoms with Crippen molar-refractivity contribution in [1.29, 1.82) is 5.41 Å². The van der Waals surface area contributed by atoms with Crippen molar-refractivity contribution in [2.45, 2.75) is 18.8 Å². The van der Waals surface area contributed by atoms with E-state index >= 15 is 0 Å². The van der Waals surface area contributed by atoms with Gasteiger partial charge in [-0.05, 0) is 70.6 Å². The standard InChI is InChI=1S/C27H24N4/c1-27(19-20-7-4-8-22(17-20)31-16-6-15-30-31)25-10-3-2-9-23(25)24-12-11-21(18-26(24)27)29-14-5-13-28/h2-18,28-29H,19H2,1H3/b14-5-,28-13?. The van der Waals surface area contributed by atoms with Crippen LogP contribution in [-0.2, 0) is 11.8 Å². The normalized spacial score (nSPS) is 16.8. The van der Waals surface area contributed by atoms with Crippen LogP contribution in [0.1, 0.15) is 23.6 Å². The van der Waals surface area contributed by atoms with E-state index in [1.807, 2.05) is 16.9 Å². The first-order valence-corrected chi connectivity index (χ1v) is 10.4. The van der Waals surface area contributed by atoms with Crippen molar-refractivity contribution < 1.29 is 0 Å². The van der Waals surface area contributed by atoms with E-state index in [4.69, 9.17) is 5.41 Å². The van der Waals surface area contributed by atoms with Crippen LogP contribution in [0.3, 0.4) is 0 Å². The lowest BCUT2D eigenvalue weighted by Gasteiger charge is -2.28. The van der Waals surface area contributed by atoms with Gasteiger partial charge in [-0.3, -0.25) is 0 Å². The molecule has 0 radical (unpaired) electrons. The average molecular weight is 405 g/mol. The number of benzene rings is 3. The fraction of sp³-hybridized carbons (Fsp3) is 0.111. The maximum Gasteiger partial charge on any atom is 0.0648 e. The number of hydrogen-bond donors (Lipinski definition) is 2. The van der Waals surface area contributed by atoms with Crippen LogP contribution < -0.4 is 5.32 Å². The van der Waals surface area contributed by atoms with Crippen LogP contribution in [0.15, 0.2) is 97.5 Å². The van der Waals surface area contributed by atoms with Crippen LogP contribution in [0.4, 0.5) is 5.69 Å². The van der Waals surface area contributed by atoms with Crippen LogP contribution in [0.25, 0.3) is 16.8 Å². The molecule has 0 fully saturated rings. The third-order valence-corrected chi connectivity index (χ3v) is 6.11. The van der Waals surface area contributed by atoms with Crippen molar-refractivity contribution in [3.8, 4) is 16.8 Å². The lowest BCUT2D eigenvalue weighted by molar-refractivity contribution is 0.583. The van der Waals surface area contributed by atoms with E-state index in [2.05, 4.69) is 84.1 Å². The summed E-state index contributed by atoms with van der Waals surface area (Å²) < 4.78 is 1.90. The molecular formula is C27H24N4.